The molecule has 0 aliphatic heterocycles. The van der Waals surface area contributed by atoms with Crippen LogP contribution in [0.1, 0.15) is 18.4 Å². The lowest BCUT2D eigenvalue weighted by Gasteiger charge is -2.04. The first kappa shape index (κ1) is 17.2. The Bertz CT molecular complexity index is 753. The van der Waals surface area contributed by atoms with Crippen LogP contribution in [-0.4, -0.2) is 33.0 Å². The zero-order valence-electron chi connectivity index (χ0n) is 13.4. The molecule has 122 valence electrons. The number of aromatic nitrogens is 4. The van der Waals surface area contributed by atoms with Crippen LogP contribution in [0.5, 0.6) is 0 Å². The van der Waals surface area contributed by atoms with Gasteiger partial charge < -0.3 is 9.84 Å². The summed E-state index contributed by atoms with van der Waals surface area (Å²) in [5.41, 5.74) is 2.84. The van der Waals surface area contributed by atoms with Gasteiger partial charge in [0.05, 0.1) is 23.1 Å². The third-order valence-electron chi connectivity index (χ3n) is 3.69. The summed E-state index contributed by atoms with van der Waals surface area (Å²) in [6.07, 6.45) is 2.49. The predicted molar refractivity (Wildman–Crippen MR) is 91.1 cm³/mol. The molecule has 6 nitrogen and oxygen atoms in total. The predicted octanol–water partition coefficient (Wildman–Crippen LogP) is 2.80. The molecule has 1 aromatic carbocycles. The molecule has 0 amide bonds. The minimum Gasteiger partial charge on any atom is -0.334 e. The molecular formula is C16H20ClN5O. The Labute approximate surface area is 141 Å². The molecule has 0 aliphatic rings. The molecule has 23 heavy (non-hydrogen) atoms. The Hall–Kier alpha value is -2.18. The Morgan fingerprint density at radius 3 is 2.70 bits per heavy atom. The van der Waals surface area contributed by atoms with E-state index >= 15 is 0 Å². The highest BCUT2D eigenvalue weighted by atomic mass is 35.5. The van der Waals surface area contributed by atoms with E-state index in [9.17, 15) is 0 Å². The number of para-hydroxylation sites is 1. The van der Waals surface area contributed by atoms with Crippen molar-refractivity contribution in [1.82, 2.24) is 25.2 Å². The second kappa shape index (κ2) is 7.39. The minimum atomic E-state index is 0. The molecule has 0 saturated heterocycles. The van der Waals surface area contributed by atoms with Gasteiger partial charge in [-0.1, -0.05) is 23.4 Å². The van der Waals surface area contributed by atoms with Gasteiger partial charge in [0.2, 0.25) is 0 Å². The van der Waals surface area contributed by atoms with Gasteiger partial charge in [-0.05, 0) is 33.0 Å². The van der Waals surface area contributed by atoms with Gasteiger partial charge in [-0.15, -0.1) is 12.4 Å². The number of rotatable bonds is 5. The molecule has 0 bridgehead atoms. The fourth-order valence-electron chi connectivity index (χ4n) is 2.27. The molecule has 0 radical (unpaired) electrons. The topological polar surface area (TPSA) is 68.8 Å². The molecule has 0 aliphatic carbocycles. The quantitative estimate of drug-likeness (QED) is 0.777. The van der Waals surface area contributed by atoms with E-state index in [1.807, 2.05) is 49.0 Å². The highest BCUT2D eigenvalue weighted by molar-refractivity contribution is 5.85. The number of benzene rings is 1. The van der Waals surface area contributed by atoms with Crippen molar-refractivity contribution in [3.63, 3.8) is 0 Å². The highest BCUT2D eigenvalue weighted by Crippen LogP contribution is 2.23. The first-order chi connectivity index (χ1) is 10.7. The summed E-state index contributed by atoms with van der Waals surface area (Å²) in [6, 6.07) is 10.3. The van der Waals surface area contributed by atoms with E-state index in [1.54, 1.807) is 6.20 Å². The Morgan fingerprint density at radius 2 is 2.00 bits per heavy atom. The molecule has 0 fully saturated rings. The van der Waals surface area contributed by atoms with E-state index in [0.29, 0.717) is 17.8 Å². The van der Waals surface area contributed by atoms with Crippen LogP contribution in [0.25, 0.3) is 17.1 Å². The van der Waals surface area contributed by atoms with Gasteiger partial charge in [-0.2, -0.15) is 10.1 Å². The second-order valence-electron chi connectivity index (χ2n) is 5.30. The Balaban J connectivity index is 0.00000192. The average Bonchev–Trinajstić information content (AvgIpc) is 3.14. The molecule has 1 unspecified atom stereocenters. The van der Waals surface area contributed by atoms with Crippen molar-refractivity contribution >= 4 is 12.4 Å². The van der Waals surface area contributed by atoms with Gasteiger partial charge in [-0.3, -0.25) is 0 Å². The minimum absolute atomic E-state index is 0. The second-order valence-corrected chi connectivity index (χ2v) is 5.30. The van der Waals surface area contributed by atoms with Crippen LogP contribution >= 0.6 is 12.4 Å². The van der Waals surface area contributed by atoms with E-state index in [4.69, 9.17) is 4.52 Å². The van der Waals surface area contributed by atoms with Crippen LogP contribution in [0, 0.1) is 6.92 Å². The average molecular weight is 334 g/mol. The lowest BCUT2D eigenvalue weighted by Crippen LogP contribution is -2.24. The van der Waals surface area contributed by atoms with E-state index in [0.717, 1.165) is 23.4 Å². The fourth-order valence-corrected chi connectivity index (χ4v) is 2.27. The van der Waals surface area contributed by atoms with Gasteiger partial charge in [0.15, 0.2) is 5.82 Å². The summed E-state index contributed by atoms with van der Waals surface area (Å²) in [5, 5.41) is 11.6. The first-order valence-corrected chi connectivity index (χ1v) is 7.29. The summed E-state index contributed by atoms with van der Waals surface area (Å²) in [5.74, 6) is 1.21. The van der Waals surface area contributed by atoms with Gasteiger partial charge in [0.1, 0.15) is 0 Å². The van der Waals surface area contributed by atoms with Crippen LogP contribution in [0.2, 0.25) is 0 Å². The van der Waals surface area contributed by atoms with Crippen LogP contribution < -0.4 is 5.32 Å². The van der Waals surface area contributed by atoms with E-state index in [2.05, 4.69) is 27.5 Å². The number of hydrogen-bond acceptors (Lipinski definition) is 5. The summed E-state index contributed by atoms with van der Waals surface area (Å²) >= 11 is 0. The standard InChI is InChI=1S/C16H19N5O.ClH/c1-11(17-3)9-15-19-16(22-20-15)14-10-18-21(12(14)2)13-7-5-4-6-8-13;/h4-8,10-11,17H,9H2,1-3H3;1H. The van der Waals surface area contributed by atoms with Crippen LogP contribution in [-0.2, 0) is 6.42 Å². The van der Waals surface area contributed by atoms with Gasteiger partial charge in [0, 0.05) is 12.5 Å². The lowest BCUT2D eigenvalue weighted by molar-refractivity contribution is 0.418. The molecule has 3 rings (SSSR count). The van der Waals surface area contributed by atoms with Crippen molar-refractivity contribution in [3.8, 4) is 17.1 Å². The molecule has 7 heteroatoms. The third-order valence-corrected chi connectivity index (χ3v) is 3.69. The fraction of sp³-hybridized carbons (Fsp3) is 0.312. The maximum Gasteiger partial charge on any atom is 0.261 e. The number of nitrogens with one attached hydrogen (secondary N) is 1. The molecule has 0 saturated carbocycles. The first-order valence-electron chi connectivity index (χ1n) is 7.29. The van der Waals surface area contributed by atoms with Crippen molar-refractivity contribution < 1.29 is 4.52 Å². The van der Waals surface area contributed by atoms with Crippen molar-refractivity contribution in [2.75, 3.05) is 7.05 Å². The number of halogens is 1. The van der Waals surface area contributed by atoms with Crippen LogP contribution in [0.15, 0.2) is 41.1 Å². The Morgan fingerprint density at radius 1 is 1.26 bits per heavy atom. The maximum absolute atomic E-state index is 5.38. The summed E-state index contributed by atoms with van der Waals surface area (Å²) in [4.78, 5) is 4.47. The van der Waals surface area contributed by atoms with E-state index in [-0.39, 0.29) is 12.4 Å². The summed E-state index contributed by atoms with van der Waals surface area (Å²) in [7, 11) is 1.92. The monoisotopic (exact) mass is 333 g/mol. The van der Waals surface area contributed by atoms with Gasteiger partial charge in [-0.25, -0.2) is 4.68 Å². The highest BCUT2D eigenvalue weighted by Gasteiger charge is 2.16. The summed E-state index contributed by atoms with van der Waals surface area (Å²) < 4.78 is 7.25. The van der Waals surface area contributed by atoms with Crippen LogP contribution in [0.3, 0.4) is 0 Å². The van der Waals surface area contributed by atoms with Crippen molar-refractivity contribution in [1.29, 1.82) is 0 Å². The largest absolute Gasteiger partial charge is 0.334 e. The molecule has 0 spiro atoms. The van der Waals surface area contributed by atoms with Crippen LogP contribution in [0.4, 0.5) is 0 Å². The molecule has 2 aromatic heterocycles. The molecule has 3 aromatic rings. The van der Waals surface area contributed by atoms with E-state index in [1.165, 1.54) is 0 Å². The number of nitrogens with zero attached hydrogens (tertiary/aromatic N) is 4. The van der Waals surface area contributed by atoms with Gasteiger partial charge >= 0.3 is 0 Å². The molecule has 1 N–H and O–H groups in total. The molecule has 1 atom stereocenters. The summed E-state index contributed by atoms with van der Waals surface area (Å²) in [6.45, 7) is 4.07. The normalized spacial score (nSPS) is 12.0. The van der Waals surface area contributed by atoms with Gasteiger partial charge in [0.25, 0.3) is 5.89 Å². The number of likely N-dealkylation sites (N-methyl/N-ethyl adjacent to an activating group) is 1. The van der Waals surface area contributed by atoms with Crippen molar-refractivity contribution in [2.24, 2.45) is 0 Å². The molecular weight excluding hydrogens is 314 g/mol. The molecule has 2 heterocycles. The number of hydrogen-bond donors (Lipinski definition) is 1. The SMILES string of the molecule is CNC(C)Cc1noc(-c2cnn(-c3ccccc3)c2C)n1.Cl. The lowest BCUT2D eigenvalue weighted by atomic mass is 10.2. The van der Waals surface area contributed by atoms with Crippen molar-refractivity contribution in [3.05, 3.63) is 48.0 Å². The van der Waals surface area contributed by atoms with Crippen molar-refractivity contribution in [2.45, 2.75) is 26.3 Å². The smallest absolute Gasteiger partial charge is 0.261 e. The zero-order chi connectivity index (χ0) is 15.5. The Kier molecular flexibility index (Phi) is 5.52. The third kappa shape index (κ3) is 3.60. The zero-order valence-corrected chi connectivity index (χ0v) is 14.2. The maximum atomic E-state index is 5.38. The van der Waals surface area contributed by atoms with E-state index < -0.39 is 0 Å².